The van der Waals surface area contributed by atoms with Crippen LogP contribution in [0.15, 0.2) is 6.07 Å². The molecule has 6 heteroatoms. The van der Waals surface area contributed by atoms with Gasteiger partial charge in [-0.25, -0.2) is 0 Å². The number of nitro groups is 1. The highest BCUT2D eigenvalue weighted by atomic mass is 32.1. The summed E-state index contributed by atoms with van der Waals surface area (Å²) in [7, 11) is 0. The monoisotopic (exact) mass is 272 g/mol. The lowest BCUT2D eigenvalue weighted by Gasteiger charge is -2.21. The van der Waals surface area contributed by atoms with Crippen molar-refractivity contribution in [3.63, 3.8) is 0 Å². The minimum absolute atomic E-state index is 0.109. The van der Waals surface area contributed by atoms with Crippen LogP contribution in [0.2, 0.25) is 0 Å². The normalized spacial score (nSPS) is 12.4. The van der Waals surface area contributed by atoms with Crippen molar-refractivity contribution in [2.45, 2.75) is 39.7 Å². The third-order valence-electron chi connectivity index (χ3n) is 2.60. The largest absolute Gasteiger partial charge is 0.388 e. The topological polar surface area (TPSA) is 66.6 Å². The van der Waals surface area contributed by atoms with Gasteiger partial charge in [0.2, 0.25) is 0 Å². The van der Waals surface area contributed by atoms with E-state index in [4.69, 9.17) is 0 Å². The summed E-state index contributed by atoms with van der Waals surface area (Å²) in [6, 6.07) is 1.49. The summed E-state index contributed by atoms with van der Waals surface area (Å²) in [6.07, 6.45) is 1.23. The van der Waals surface area contributed by atoms with E-state index in [1.54, 1.807) is 6.92 Å². The van der Waals surface area contributed by atoms with Gasteiger partial charge in [-0.3, -0.25) is 10.1 Å². The molecule has 1 unspecified atom stereocenters. The van der Waals surface area contributed by atoms with E-state index >= 15 is 0 Å². The molecule has 1 heterocycles. The molecular formula is C12H20N2O3S. The van der Waals surface area contributed by atoms with E-state index in [1.807, 2.05) is 4.90 Å². The number of hydrogen-bond acceptors (Lipinski definition) is 5. The molecular weight excluding hydrogens is 252 g/mol. The number of nitrogens with zero attached hydrogens (tertiary/aromatic N) is 2. The molecule has 0 fully saturated rings. The van der Waals surface area contributed by atoms with Gasteiger partial charge < -0.3 is 10.0 Å². The van der Waals surface area contributed by atoms with Crippen LogP contribution in [0.4, 0.5) is 10.7 Å². The third-order valence-corrected chi connectivity index (χ3v) is 3.95. The summed E-state index contributed by atoms with van der Waals surface area (Å²) in [6.45, 7) is 7.33. The van der Waals surface area contributed by atoms with Gasteiger partial charge >= 0.3 is 5.69 Å². The lowest BCUT2D eigenvalue weighted by molar-refractivity contribution is -0.383. The van der Waals surface area contributed by atoms with Gasteiger partial charge in [0.15, 0.2) is 5.00 Å². The van der Waals surface area contributed by atoms with Crippen LogP contribution in [-0.4, -0.2) is 23.1 Å². The van der Waals surface area contributed by atoms with Crippen molar-refractivity contribution < 1.29 is 10.0 Å². The Hall–Kier alpha value is -1.14. The van der Waals surface area contributed by atoms with E-state index in [0.717, 1.165) is 25.9 Å². The molecule has 102 valence electrons. The number of rotatable bonds is 7. The summed E-state index contributed by atoms with van der Waals surface area (Å²) >= 11 is 1.32. The average molecular weight is 272 g/mol. The number of anilines is 1. The van der Waals surface area contributed by atoms with Crippen molar-refractivity contribution in [1.82, 2.24) is 0 Å². The average Bonchev–Trinajstić information content (AvgIpc) is 2.73. The summed E-state index contributed by atoms with van der Waals surface area (Å²) in [5, 5.41) is 21.3. The maximum absolute atomic E-state index is 11.1. The summed E-state index contributed by atoms with van der Waals surface area (Å²) in [5.41, 5.74) is 0.109. The van der Waals surface area contributed by atoms with Crippen LogP contribution >= 0.6 is 11.3 Å². The Morgan fingerprint density at radius 3 is 2.39 bits per heavy atom. The maximum atomic E-state index is 11.1. The molecule has 1 aromatic rings. The Kier molecular flexibility index (Phi) is 5.55. The van der Waals surface area contributed by atoms with E-state index in [1.165, 1.54) is 17.4 Å². The minimum Gasteiger partial charge on any atom is -0.388 e. The molecule has 1 rings (SSSR count). The molecule has 0 radical (unpaired) electrons. The fourth-order valence-corrected chi connectivity index (χ4v) is 2.92. The van der Waals surface area contributed by atoms with Crippen LogP contribution < -0.4 is 4.90 Å². The molecule has 5 nitrogen and oxygen atoms in total. The fourth-order valence-electron chi connectivity index (χ4n) is 1.81. The van der Waals surface area contributed by atoms with Crippen LogP contribution in [0.3, 0.4) is 0 Å². The van der Waals surface area contributed by atoms with Gasteiger partial charge in [0.05, 0.1) is 11.0 Å². The first-order valence-electron chi connectivity index (χ1n) is 6.22. The smallest absolute Gasteiger partial charge is 0.304 e. The second kappa shape index (κ2) is 6.70. The van der Waals surface area contributed by atoms with Gasteiger partial charge in [-0.15, -0.1) is 11.3 Å². The standard InChI is InChI=1S/C12H20N2O3S/c1-4-6-13(7-5-2)12-10(14(16)17)8-11(18-12)9(3)15/h8-9,15H,4-7H2,1-3H3. The predicted octanol–water partition coefficient (Wildman–Crippen LogP) is 3.34. The van der Waals surface area contributed by atoms with Gasteiger partial charge in [-0.2, -0.15) is 0 Å². The van der Waals surface area contributed by atoms with Crippen molar-refractivity contribution in [3.05, 3.63) is 21.1 Å². The van der Waals surface area contributed by atoms with Gasteiger partial charge in [0.1, 0.15) is 0 Å². The fraction of sp³-hybridized carbons (Fsp3) is 0.667. The van der Waals surface area contributed by atoms with Crippen molar-refractivity contribution in [3.8, 4) is 0 Å². The zero-order valence-electron chi connectivity index (χ0n) is 11.0. The quantitative estimate of drug-likeness (QED) is 0.610. The van der Waals surface area contributed by atoms with E-state index in [0.29, 0.717) is 9.88 Å². The van der Waals surface area contributed by atoms with Gasteiger partial charge in [0.25, 0.3) is 0 Å². The van der Waals surface area contributed by atoms with E-state index < -0.39 is 6.10 Å². The first kappa shape index (κ1) is 14.9. The number of hydrogen-bond donors (Lipinski definition) is 1. The zero-order chi connectivity index (χ0) is 13.7. The van der Waals surface area contributed by atoms with Gasteiger partial charge in [-0.1, -0.05) is 13.8 Å². The van der Waals surface area contributed by atoms with Crippen molar-refractivity contribution >= 4 is 22.0 Å². The molecule has 0 saturated carbocycles. The molecule has 1 aromatic heterocycles. The maximum Gasteiger partial charge on any atom is 0.304 e. The lowest BCUT2D eigenvalue weighted by atomic mass is 10.3. The highest BCUT2D eigenvalue weighted by Crippen LogP contribution is 2.40. The highest BCUT2D eigenvalue weighted by Gasteiger charge is 2.24. The van der Waals surface area contributed by atoms with E-state index in [2.05, 4.69) is 13.8 Å². The van der Waals surface area contributed by atoms with Gasteiger partial charge in [0, 0.05) is 24.0 Å². The molecule has 1 atom stereocenters. The molecule has 0 aliphatic heterocycles. The third kappa shape index (κ3) is 3.43. The summed E-state index contributed by atoms with van der Waals surface area (Å²) in [4.78, 5) is 13.4. The second-order valence-electron chi connectivity index (χ2n) is 4.26. The number of thiophene rings is 1. The Morgan fingerprint density at radius 2 is 2.00 bits per heavy atom. The second-order valence-corrected chi connectivity index (χ2v) is 5.32. The van der Waals surface area contributed by atoms with Crippen LogP contribution in [0.1, 0.15) is 44.6 Å². The molecule has 0 aliphatic carbocycles. The van der Waals surface area contributed by atoms with Crippen LogP contribution in [0.25, 0.3) is 0 Å². The van der Waals surface area contributed by atoms with Crippen LogP contribution in [-0.2, 0) is 0 Å². The minimum atomic E-state index is -0.660. The molecule has 0 aromatic carbocycles. The van der Waals surface area contributed by atoms with Crippen LogP contribution in [0.5, 0.6) is 0 Å². The van der Waals surface area contributed by atoms with E-state index in [9.17, 15) is 15.2 Å². The summed E-state index contributed by atoms with van der Waals surface area (Å²) < 4.78 is 0. The lowest BCUT2D eigenvalue weighted by Crippen LogP contribution is -2.24. The first-order valence-corrected chi connectivity index (χ1v) is 7.04. The Bertz CT molecular complexity index is 398. The number of aliphatic hydroxyl groups excluding tert-OH is 1. The molecule has 0 amide bonds. The van der Waals surface area contributed by atoms with Crippen molar-refractivity contribution in [2.75, 3.05) is 18.0 Å². The molecule has 0 saturated heterocycles. The highest BCUT2D eigenvalue weighted by molar-refractivity contribution is 7.16. The Morgan fingerprint density at radius 1 is 1.44 bits per heavy atom. The Labute approximate surface area is 111 Å². The molecule has 1 N–H and O–H groups in total. The van der Waals surface area contributed by atoms with Crippen molar-refractivity contribution in [1.29, 1.82) is 0 Å². The first-order chi connectivity index (χ1) is 8.51. The molecule has 0 aliphatic rings. The molecule has 0 spiro atoms. The Balaban J connectivity index is 3.13. The number of aliphatic hydroxyl groups is 1. The van der Waals surface area contributed by atoms with Crippen molar-refractivity contribution in [2.24, 2.45) is 0 Å². The van der Waals surface area contributed by atoms with Gasteiger partial charge in [-0.05, 0) is 19.8 Å². The summed E-state index contributed by atoms with van der Waals surface area (Å²) in [5.74, 6) is 0. The predicted molar refractivity (Wildman–Crippen MR) is 74.4 cm³/mol. The molecule has 0 bridgehead atoms. The molecule has 18 heavy (non-hydrogen) atoms. The SMILES string of the molecule is CCCN(CCC)c1sc(C(C)O)cc1[N+](=O)[O-]. The van der Waals surface area contributed by atoms with Crippen LogP contribution in [0, 0.1) is 10.1 Å². The zero-order valence-corrected chi connectivity index (χ0v) is 11.9. The van der Waals surface area contributed by atoms with E-state index in [-0.39, 0.29) is 10.6 Å².